The third-order valence-electron chi connectivity index (χ3n) is 2.45. The molecule has 0 atom stereocenters. The lowest BCUT2D eigenvalue weighted by atomic mass is 10.1. The van der Waals surface area contributed by atoms with Crippen LogP contribution in [0.4, 0.5) is 4.39 Å². The molecule has 1 nitrogen and oxygen atoms in total. The normalized spacial score (nSPS) is 10.9. The molecule has 0 saturated carbocycles. The first-order valence-corrected chi connectivity index (χ1v) is 5.66. The fourth-order valence-electron chi connectivity index (χ4n) is 1.73. The second kappa shape index (κ2) is 3.89. The summed E-state index contributed by atoms with van der Waals surface area (Å²) in [4.78, 5) is 4.39. The summed E-state index contributed by atoms with van der Waals surface area (Å²) in [5.74, 6) is -0.233. The van der Waals surface area contributed by atoms with Gasteiger partial charge in [-0.2, -0.15) is 0 Å². The molecule has 0 bridgehead atoms. The summed E-state index contributed by atoms with van der Waals surface area (Å²) < 4.78 is 13.9. The van der Waals surface area contributed by atoms with Crippen LogP contribution in [-0.4, -0.2) is 4.98 Å². The number of aromatic nitrogens is 1. The zero-order valence-corrected chi connectivity index (χ0v) is 10.2. The number of aryl methyl sites for hydroxylation is 2. The molecule has 1 heterocycles. The lowest BCUT2D eigenvalue weighted by molar-refractivity contribution is 0.623. The first-order valence-electron chi connectivity index (χ1n) is 4.87. The number of hydrogen-bond acceptors (Lipinski definition) is 1. The van der Waals surface area contributed by atoms with E-state index < -0.39 is 0 Å². The van der Waals surface area contributed by atoms with Gasteiger partial charge in [-0.3, -0.25) is 4.98 Å². The van der Waals surface area contributed by atoms with E-state index in [4.69, 9.17) is 0 Å². The Morgan fingerprint density at radius 1 is 1.33 bits per heavy atom. The summed E-state index contributed by atoms with van der Waals surface area (Å²) in [5, 5.41) is 0.906. The molecule has 0 aliphatic heterocycles. The summed E-state index contributed by atoms with van der Waals surface area (Å²) in [6.07, 6.45) is 0.890. The van der Waals surface area contributed by atoms with Crippen LogP contribution in [0.3, 0.4) is 0 Å². The number of fused-ring (bicyclic) bond motifs is 1. The van der Waals surface area contributed by atoms with Crippen molar-refractivity contribution in [2.75, 3.05) is 0 Å². The van der Waals surface area contributed by atoms with Crippen LogP contribution in [-0.2, 0) is 6.42 Å². The van der Waals surface area contributed by atoms with E-state index in [1.807, 2.05) is 13.0 Å². The van der Waals surface area contributed by atoms with Gasteiger partial charge in [0.2, 0.25) is 0 Å². The van der Waals surface area contributed by atoms with E-state index in [2.05, 4.69) is 27.8 Å². The Morgan fingerprint density at radius 2 is 2.07 bits per heavy atom. The van der Waals surface area contributed by atoms with Crippen LogP contribution in [0.25, 0.3) is 10.9 Å². The van der Waals surface area contributed by atoms with Gasteiger partial charge in [0.25, 0.3) is 0 Å². The molecule has 0 aliphatic carbocycles. The minimum Gasteiger partial charge on any atom is -0.253 e. The van der Waals surface area contributed by atoms with Gasteiger partial charge in [0.1, 0.15) is 5.82 Å². The highest BCUT2D eigenvalue weighted by molar-refractivity contribution is 9.10. The topological polar surface area (TPSA) is 12.9 Å². The summed E-state index contributed by atoms with van der Waals surface area (Å²) in [6, 6.07) is 5.29. The van der Waals surface area contributed by atoms with Crippen LogP contribution in [0.5, 0.6) is 0 Å². The van der Waals surface area contributed by atoms with Crippen molar-refractivity contribution in [2.24, 2.45) is 0 Å². The van der Waals surface area contributed by atoms with Crippen molar-refractivity contribution in [3.05, 3.63) is 39.7 Å². The molecule has 1 aromatic heterocycles. The van der Waals surface area contributed by atoms with Crippen LogP contribution >= 0.6 is 15.9 Å². The maximum absolute atomic E-state index is 13.4. The monoisotopic (exact) mass is 267 g/mol. The highest BCUT2D eigenvalue weighted by Gasteiger charge is 2.07. The van der Waals surface area contributed by atoms with Crippen molar-refractivity contribution in [1.82, 2.24) is 4.98 Å². The largest absolute Gasteiger partial charge is 0.253 e. The summed E-state index contributed by atoms with van der Waals surface area (Å²) in [5.41, 5.74) is 2.96. The lowest BCUT2D eigenvalue weighted by Crippen LogP contribution is -1.92. The van der Waals surface area contributed by atoms with Crippen LogP contribution in [0.1, 0.15) is 18.2 Å². The minimum absolute atomic E-state index is 0.233. The second-order valence-corrected chi connectivity index (χ2v) is 4.41. The molecule has 78 valence electrons. The fourth-order valence-corrected chi connectivity index (χ4v) is 2.06. The minimum atomic E-state index is -0.233. The van der Waals surface area contributed by atoms with Crippen molar-refractivity contribution in [3.8, 4) is 0 Å². The highest BCUT2D eigenvalue weighted by atomic mass is 79.9. The average molecular weight is 268 g/mol. The molecule has 0 radical (unpaired) electrons. The number of rotatable bonds is 1. The van der Waals surface area contributed by atoms with E-state index in [9.17, 15) is 4.39 Å². The van der Waals surface area contributed by atoms with Crippen molar-refractivity contribution < 1.29 is 4.39 Å². The predicted octanol–water partition coefficient (Wildman–Crippen LogP) is 4.01. The van der Waals surface area contributed by atoms with Crippen molar-refractivity contribution in [1.29, 1.82) is 0 Å². The predicted molar refractivity (Wildman–Crippen MR) is 63.5 cm³/mol. The summed E-state index contributed by atoms with van der Waals surface area (Å²) >= 11 is 3.17. The molecule has 1 aromatic carbocycles. The highest BCUT2D eigenvalue weighted by Crippen LogP contribution is 2.25. The third kappa shape index (κ3) is 1.88. The number of hydrogen-bond donors (Lipinski definition) is 0. The molecule has 0 unspecified atom stereocenters. The molecule has 0 aliphatic rings. The van der Waals surface area contributed by atoms with Crippen LogP contribution in [0, 0.1) is 12.7 Å². The first kappa shape index (κ1) is 10.6. The molecule has 15 heavy (non-hydrogen) atoms. The molecule has 0 spiro atoms. The Bertz CT molecular complexity index is 523. The van der Waals surface area contributed by atoms with Gasteiger partial charge >= 0.3 is 0 Å². The Labute approximate surface area is 96.5 Å². The van der Waals surface area contributed by atoms with E-state index in [-0.39, 0.29) is 5.82 Å². The van der Waals surface area contributed by atoms with Crippen molar-refractivity contribution >= 4 is 26.8 Å². The number of nitrogens with zero attached hydrogens (tertiary/aromatic N) is 1. The Balaban J connectivity index is 2.84. The van der Waals surface area contributed by atoms with E-state index in [1.165, 1.54) is 0 Å². The Morgan fingerprint density at radius 3 is 2.73 bits per heavy atom. The Hall–Kier alpha value is -0.960. The summed E-state index contributed by atoms with van der Waals surface area (Å²) in [7, 11) is 0. The second-order valence-electron chi connectivity index (χ2n) is 3.56. The number of benzene rings is 1. The van der Waals surface area contributed by atoms with Crippen molar-refractivity contribution in [2.45, 2.75) is 20.3 Å². The van der Waals surface area contributed by atoms with Gasteiger partial charge in [0, 0.05) is 11.1 Å². The third-order valence-corrected chi connectivity index (χ3v) is 3.05. The molecule has 2 rings (SSSR count). The van der Waals surface area contributed by atoms with Crippen LogP contribution in [0.2, 0.25) is 0 Å². The van der Waals surface area contributed by atoms with Gasteiger partial charge in [-0.25, -0.2) is 4.39 Å². The maximum Gasteiger partial charge on any atom is 0.138 e. The molecule has 3 heteroatoms. The van der Waals surface area contributed by atoms with Gasteiger partial charge in [0.15, 0.2) is 0 Å². The molecule has 0 amide bonds. The molecule has 0 saturated heterocycles. The Kier molecular flexibility index (Phi) is 2.74. The summed E-state index contributed by atoms with van der Waals surface area (Å²) in [6.45, 7) is 4.02. The molecular weight excluding hydrogens is 257 g/mol. The van der Waals surface area contributed by atoms with E-state index >= 15 is 0 Å². The number of pyridine rings is 1. The van der Waals surface area contributed by atoms with Gasteiger partial charge in [-0.15, -0.1) is 0 Å². The smallest absolute Gasteiger partial charge is 0.138 e. The molecular formula is C12H11BrFN. The van der Waals surface area contributed by atoms with E-state index in [0.717, 1.165) is 28.6 Å². The van der Waals surface area contributed by atoms with Crippen molar-refractivity contribution in [3.63, 3.8) is 0 Å². The first-order chi connectivity index (χ1) is 7.11. The average Bonchev–Trinajstić information content (AvgIpc) is 2.19. The van der Waals surface area contributed by atoms with Gasteiger partial charge in [-0.1, -0.05) is 6.92 Å². The SMILES string of the molecule is CCc1cc(C)nc2cc(Br)c(F)cc12. The quantitative estimate of drug-likeness (QED) is 0.761. The zero-order chi connectivity index (χ0) is 11.0. The van der Waals surface area contributed by atoms with Gasteiger partial charge in [-0.05, 0) is 53.0 Å². The van der Waals surface area contributed by atoms with E-state index in [0.29, 0.717) is 4.47 Å². The van der Waals surface area contributed by atoms with Gasteiger partial charge < -0.3 is 0 Å². The standard InChI is InChI=1S/C12H11BrFN/c1-3-8-4-7(2)15-12-6-10(13)11(14)5-9(8)12/h4-6H,3H2,1-2H3. The van der Waals surface area contributed by atoms with Gasteiger partial charge in [0.05, 0.1) is 9.99 Å². The lowest BCUT2D eigenvalue weighted by Gasteiger charge is -2.06. The molecule has 0 fully saturated rings. The van der Waals surface area contributed by atoms with Crippen LogP contribution < -0.4 is 0 Å². The fraction of sp³-hybridized carbons (Fsp3) is 0.250. The number of halogens is 2. The van der Waals surface area contributed by atoms with Crippen LogP contribution in [0.15, 0.2) is 22.7 Å². The zero-order valence-electron chi connectivity index (χ0n) is 8.64. The van der Waals surface area contributed by atoms with E-state index in [1.54, 1.807) is 12.1 Å². The molecule has 0 N–H and O–H groups in total. The maximum atomic E-state index is 13.4. The molecule has 2 aromatic rings.